The molecule has 2 aromatic rings. The highest BCUT2D eigenvalue weighted by Crippen LogP contribution is 2.26. The van der Waals surface area contributed by atoms with E-state index in [0.29, 0.717) is 22.7 Å². The second kappa shape index (κ2) is 12.7. The van der Waals surface area contributed by atoms with E-state index in [2.05, 4.69) is 21.2 Å². The van der Waals surface area contributed by atoms with Gasteiger partial charge in [0.15, 0.2) is 0 Å². The van der Waals surface area contributed by atoms with E-state index in [0.717, 1.165) is 27.0 Å². The number of hydrogen-bond acceptors (Lipinski definition) is 4. The van der Waals surface area contributed by atoms with E-state index >= 15 is 0 Å². The molecule has 0 aliphatic carbocycles. The van der Waals surface area contributed by atoms with Crippen molar-refractivity contribution >= 4 is 55.1 Å². The lowest BCUT2D eigenvalue weighted by atomic mass is 10.1. The van der Waals surface area contributed by atoms with Crippen molar-refractivity contribution in [1.29, 1.82) is 0 Å². The second-order valence-corrected chi connectivity index (χ2v) is 11.7. The predicted octanol–water partition coefficient (Wildman–Crippen LogP) is 4.90. The molecule has 0 fully saturated rings. The summed E-state index contributed by atoms with van der Waals surface area (Å²) in [6.07, 6.45) is 2.16. The molecular weight excluding hydrogens is 554 g/mol. The van der Waals surface area contributed by atoms with Gasteiger partial charge >= 0.3 is 0 Å². The number of rotatable bonds is 11. The van der Waals surface area contributed by atoms with Crippen LogP contribution in [0.5, 0.6) is 0 Å². The smallest absolute Gasteiger partial charge is 0.244 e. The maximum absolute atomic E-state index is 13.7. The van der Waals surface area contributed by atoms with Gasteiger partial charge in [0.25, 0.3) is 0 Å². The molecule has 0 spiro atoms. The van der Waals surface area contributed by atoms with Gasteiger partial charge in [0, 0.05) is 22.1 Å². The zero-order valence-corrected chi connectivity index (χ0v) is 23.9. The Kier molecular flexibility index (Phi) is 10.6. The number of carbonyl (C=O) groups is 2. The molecule has 1 N–H and O–H groups in total. The standard InChI is InChI=1S/C25H33BrClN3O4S/c1-6-18(4)28-25(32)23(7-2)29(15-19-10-8-9-11-22(19)27)24(31)16-30(35(5,33)34)20-12-13-21(26)17(3)14-20/h8-14,18,23H,6-7,15-16H2,1-5H3,(H,28,32)/t18-,23-/m0/s1. The summed E-state index contributed by atoms with van der Waals surface area (Å²) in [6, 6.07) is 11.3. The van der Waals surface area contributed by atoms with Crippen LogP contribution >= 0.6 is 27.5 Å². The summed E-state index contributed by atoms with van der Waals surface area (Å²) in [5.74, 6) is -0.783. The molecule has 0 bridgehead atoms. The lowest BCUT2D eigenvalue weighted by Gasteiger charge is -2.33. The molecule has 2 atom stereocenters. The van der Waals surface area contributed by atoms with E-state index in [9.17, 15) is 18.0 Å². The van der Waals surface area contributed by atoms with Crippen molar-refractivity contribution in [3.63, 3.8) is 0 Å². The Morgan fingerprint density at radius 2 is 1.77 bits per heavy atom. The van der Waals surface area contributed by atoms with Gasteiger partial charge in [0.1, 0.15) is 12.6 Å². The SMILES string of the molecule is CC[C@H](C)NC(=O)[C@H](CC)N(Cc1ccccc1Cl)C(=O)CN(c1ccc(Br)c(C)c1)S(C)(=O)=O. The van der Waals surface area contributed by atoms with Crippen molar-refractivity contribution < 1.29 is 18.0 Å². The molecule has 0 saturated heterocycles. The van der Waals surface area contributed by atoms with Gasteiger partial charge in [-0.25, -0.2) is 8.42 Å². The van der Waals surface area contributed by atoms with Gasteiger partial charge in [-0.15, -0.1) is 0 Å². The van der Waals surface area contributed by atoms with Crippen LogP contribution in [-0.4, -0.2) is 50.0 Å². The summed E-state index contributed by atoms with van der Waals surface area (Å²) >= 11 is 9.78. The van der Waals surface area contributed by atoms with Gasteiger partial charge in [-0.1, -0.05) is 59.6 Å². The van der Waals surface area contributed by atoms with Crippen molar-refractivity contribution in [3.05, 3.63) is 63.1 Å². The zero-order chi connectivity index (χ0) is 26.3. The Balaban J connectivity index is 2.47. The molecule has 2 amide bonds. The molecule has 7 nitrogen and oxygen atoms in total. The fourth-order valence-electron chi connectivity index (χ4n) is 3.57. The van der Waals surface area contributed by atoms with Crippen LogP contribution in [0.1, 0.15) is 44.7 Å². The van der Waals surface area contributed by atoms with Crippen LogP contribution in [0.4, 0.5) is 5.69 Å². The van der Waals surface area contributed by atoms with Crippen LogP contribution in [0.3, 0.4) is 0 Å². The fraction of sp³-hybridized carbons (Fsp3) is 0.440. The van der Waals surface area contributed by atoms with Gasteiger partial charge in [0.05, 0.1) is 11.9 Å². The molecule has 0 aromatic heterocycles. The minimum Gasteiger partial charge on any atom is -0.352 e. The topological polar surface area (TPSA) is 86.8 Å². The monoisotopic (exact) mass is 585 g/mol. The minimum absolute atomic E-state index is 0.0629. The molecule has 2 rings (SSSR count). The lowest BCUT2D eigenvalue weighted by Crippen LogP contribution is -2.53. The molecule has 10 heteroatoms. The third-order valence-corrected chi connectivity index (χ3v) is 8.19. The first-order chi connectivity index (χ1) is 16.4. The second-order valence-electron chi connectivity index (χ2n) is 8.56. The molecule has 0 aliphatic rings. The van der Waals surface area contributed by atoms with Crippen molar-refractivity contribution in [1.82, 2.24) is 10.2 Å². The number of carbonyl (C=O) groups excluding carboxylic acids is 2. The third-order valence-electron chi connectivity index (χ3n) is 5.79. The molecule has 0 unspecified atom stereocenters. The quantitative estimate of drug-likeness (QED) is 0.406. The highest BCUT2D eigenvalue weighted by molar-refractivity contribution is 9.10. The molecule has 2 aromatic carbocycles. The Morgan fingerprint density at radius 1 is 1.11 bits per heavy atom. The van der Waals surface area contributed by atoms with E-state index in [1.54, 1.807) is 42.5 Å². The average Bonchev–Trinajstić information content (AvgIpc) is 2.79. The van der Waals surface area contributed by atoms with Gasteiger partial charge in [-0.3, -0.25) is 13.9 Å². The molecule has 0 heterocycles. The molecule has 0 radical (unpaired) electrons. The van der Waals surface area contributed by atoms with E-state index in [1.807, 2.05) is 27.7 Å². The van der Waals surface area contributed by atoms with E-state index in [4.69, 9.17) is 11.6 Å². The molecule has 35 heavy (non-hydrogen) atoms. The summed E-state index contributed by atoms with van der Waals surface area (Å²) in [4.78, 5) is 28.2. The Bertz CT molecular complexity index is 1160. The molecule has 0 aliphatic heterocycles. The minimum atomic E-state index is -3.79. The Morgan fingerprint density at radius 3 is 2.31 bits per heavy atom. The van der Waals surface area contributed by atoms with Crippen LogP contribution in [0.2, 0.25) is 5.02 Å². The van der Waals surface area contributed by atoms with Gasteiger partial charge in [-0.05, 0) is 62.1 Å². The third kappa shape index (κ3) is 7.95. The van der Waals surface area contributed by atoms with E-state index < -0.39 is 28.5 Å². The van der Waals surface area contributed by atoms with Gasteiger partial charge in [0.2, 0.25) is 21.8 Å². The van der Waals surface area contributed by atoms with Crippen molar-refractivity contribution in [2.45, 2.75) is 59.2 Å². The predicted molar refractivity (Wildman–Crippen MR) is 145 cm³/mol. The van der Waals surface area contributed by atoms with Crippen LogP contribution in [0.25, 0.3) is 0 Å². The first kappa shape index (κ1) is 29.1. The highest BCUT2D eigenvalue weighted by atomic mass is 79.9. The molecule has 0 saturated carbocycles. The number of nitrogens with zero attached hydrogens (tertiary/aromatic N) is 2. The number of halogens is 2. The van der Waals surface area contributed by atoms with Crippen LogP contribution in [0.15, 0.2) is 46.9 Å². The number of aryl methyl sites for hydroxylation is 1. The normalized spacial score (nSPS) is 13.1. The number of sulfonamides is 1. The van der Waals surface area contributed by atoms with Crippen LogP contribution in [-0.2, 0) is 26.2 Å². The maximum Gasteiger partial charge on any atom is 0.244 e. The van der Waals surface area contributed by atoms with Crippen LogP contribution < -0.4 is 9.62 Å². The number of benzene rings is 2. The average molecular weight is 587 g/mol. The first-order valence-corrected chi connectivity index (χ1v) is 14.5. The summed E-state index contributed by atoms with van der Waals surface area (Å²) in [6.45, 7) is 7.14. The Hall–Kier alpha value is -2.10. The van der Waals surface area contributed by atoms with E-state index in [-0.39, 0.29) is 18.5 Å². The van der Waals surface area contributed by atoms with Gasteiger partial charge in [-0.2, -0.15) is 0 Å². The van der Waals surface area contributed by atoms with Crippen LogP contribution in [0, 0.1) is 6.92 Å². The largest absolute Gasteiger partial charge is 0.352 e. The van der Waals surface area contributed by atoms with Crippen molar-refractivity contribution in [2.24, 2.45) is 0 Å². The number of hydrogen-bond donors (Lipinski definition) is 1. The highest BCUT2D eigenvalue weighted by Gasteiger charge is 2.32. The summed E-state index contributed by atoms with van der Waals surface area (Å²) in [5, 5.41) is 3.41. The van der Waals surface area contributed by atoms with Crippen molar-refractivity contribution in [2.75, 3.05) is 17.1 Å². The summed E-state index contributed by atoms with van der Waals surface area (Å²) in [5.41, 5.74) is 1.87. The number of anilines is 1. The summed E-state index contributed by atoms with van der Waals surface area (Å²) < 4.78 is 27.3. The zero-order valence-electron chi connectivity index (χ0n) is 20.7. The maximum atomic E-state index is 13.7. The fourth-order valence-corrected chi connectivity index (χ4v) is 4.85. The lowest BCUT2D eigenvalue weighted by molar-refractivity contribution is -0.140. The molecular formula is C25H33BrClN3O4S. The number of amides is 2. The summed E-state index contributed by atoms with van der Waals surface area (Å²) in [7, 11) is -3.79. The molecule has 192 valence electrons. The van der Waals surface area contributed by atoms with E-state index in [1.165, 1.54) is 4.90 Å². The number of nitrogens with one attached hydrogen (secondary N) is 1. The first-order valence-electron chi connectivity index (χ1n) is 11.5. The van der Waals surface area contributed by atoms with Crippen molar-refractivity contribution in [3.8, 4) is 0 Å². The van der Waals surface area contributed by atoms with Gasteiger partial charge < -0.3 is 10.2 Å². The Labute approximate surface area is 222 Å².